The maximum Gasteiger partial charge on any atom is 0.147 e. The van der Waals surface area contributed by atoms with Gasteiger partial charge in [-0.1, -0.05) is 6.07 Å². The minimum atomic E-state index is -0.0508. The Bertz CT molecular complexity index is 586. The van der Waals surface area contributed by atoms with Crippen molar-refractivity contribution < 1.29 is 14.2 Å². The zero-order valence-electron chi connectivity index (χ0n) is 12.6. The minimum Gasteiger partial charge on any atom is -0.492 e. The van der Waals surface area contributed by atoms with Crippen LogP contribution in [0, 0.1) is 0 Å². The van der Waals surface area contributed by atoms with E-state index in [4.69, 9.17) is 25.8 Å². The van der Waals surface area contributed by atoms with Crippen LogP contribution < -0.4 is 4.74 Å². The van der Waals surface area contributed by atoms with Gasteiger partial charge in [0.2, 0.25) is 0 Å². The molecule has 2 rings (SSSR count). The number of para-hydroxylation sites is 1. The highest BCUT2D eigenvalue weighted by atomic mass is 35.5. The van der Waals surface area contributed by atoms with Crippen LogP contribution in [0.3, 0.4) is 0 Å². The van der Waals surface area contributed by atoms with Crippen LogP contribution in [0.15, 0.2) is 18.2 Å². The molecule has 0 aliphatic rings. The average Bonchev–Trinajstić information content (AvgIpc) is 2.86. The average molecular weight is 313 g/mol. The Morgan fingerprint density at radius 1 is 1.33 bits per heavy atom. The molecule has 1 heterocycles. The van der Waals surface area contributed by atoms with E-state index >= 15 is 0 Å². The van der Waals surface area contributed by atoms with Crippen molar-refractivity contribution in [2.75, 3.05) is 27.4 Å². The molecule has 0 aliphatic carbocycles. The second-order valence-electron chi connectivity index (χ2n) is 4.64. The van der Waals surface area contributed by atoms with Gasteiger partial charge in [0, 0.05) is 14.2 Å². The molecule has 1 aromatic heterocycles. The van der Waals surface area contributed by atoms with E-state index in [1.54, 1.807) is 14.2 Å². The van der Waals surface area contributed by atoms with Crippen molar-refractivity contribution in [1.82, 2.24) is 9.55 Å². The van der Waals surface area contributed by atoms with Gasteiger partial charge < -0.3 is 18.8 Å². The molecule has 0 aliphatic heterocycles. The summed E-state index contributed by atoms with van der Waals surface area (Å²) < 4.78 is 18.3. The number of imidazole rings is 1. The number of benzene rings is 1. The fourth-order valence-electron chi connectivity index (χ4n) is 2.33. The Labute approximate surface area is 129 Å². The van der Waals surface area contributed by atoms with Crippen LogP contribution in [-0.4, -0.2) is 43.1 Å². The van der Waals surface area contributed by atoms with Gasteiger partial charge in [0.1, 0.15) is 17.1 Å². The molecule has 0 N–H and O–H groups in total. The molecule has 0 saturated carbocycles. The topological polar surface area (TPSA) is 45.5 Å². The lowest BCUT2D eigenvalue weighted by atomic mass is 10.2. The largest absolute Gasteiger partial charge is 0.492 e. The van der Waals surface area contributed by atoms with Crippen molar-refractivity contribution in [3.8, 4) is 5.75 Å². The molecule has 0 saturated heterocycles. The fraction of sp³-hybridized carbons (Fsp3) is 0.533. The third kappa shape index (κ3) is 3.48. The first-order chi connectivity index (χ1) is 10.2. The number of hydrogen-bond donors (Lipinski definition) is 0. The lowest BCUT2D eigenvalue weighted by molar-refractivity contribution is 0.0186. The Kier molecular flexibility index (Phi) is 5.85. The van der Waals surface area contributed by atoms with Gasteiger partial charge in [-0.25, -0.2) is 4.98 Å². The molecule has 1 aromatic carbocycles. The van der Waals surface area contributed by atoms with Crippen LogP contribution in [0.1, 0.15) is 12.7 Å². The summed E-state index contributed by atoms with van der Waals surface area (Å²) in [5.74, 6) is 1.92. The van der Waals surface area contributed by atoms with Crippen LogP contribution in [0.4, 0.5) is 0 Å². The molecule has 0 fully saturated rings. The van der Waals surface area contributed by atoms with Crippen molar-refractivity contribution in [2.24, 2.45) is 0 Å². The van der Waals surface area contributed by atoms with E-state index in [9.17, 15) is 0 Å². The Morgan fingerprint density at radius 2 is 2.14 bits per heavy atom. The van der Waals surface area contributed by atoms with Crippen molar-refractivity contribution in [1.29, 1.82) is 0 Å². The number of hydrogen-bond acceptors (Lipinski definition) is 4. The van der Waals surface area contributed by atoms with Crippen molar-refractivity contribution in [3.63, 3.8) is 0 Å². The first kappa shape index (κ1) is 16.1. The first-order valence-corrected chi connectivity index (χ1v) is 7.47. The van der Waals surface area contributed by atoms with Crippen LogP contribution in [0.5, 0.6) is 5.75 Å². The summed E-state index contributed by atoms with van der Waals surface area (Å²) in [7, 11) is 3.34. The molecular formula is C15H21ClN2O3. The van der Waals surface area contributed by atoms with Gasteiger partial charge >= 0.3 is 0 Å². The van der Waals surface area contributed by atoms with Crippen LogP contribution in [0.25, 0.3) is 11.0 Å². The highest BCUT2D eigenvalue weighted by molar-refractivity contribution is 6.16. The third-order valence-electron chi connectivity index (χ3n) is 3.31. The van der Waals surface area contributed by atoms with E-state index in [2.05, 4.69) is 9.55 Å². The number of halogens is 1. The summed E-state index contributed by atoms with van der Waals surface area (Å²) in [6.07, 6.45) is -0.0508. The smallest absolute Gasteiger partial charge is 0.147 e. The van der Waals surface area contributed by atoms with E-state index in [0.29, 0.717) is 25.6 Å². The normalized spacial score (nSPS) is 12.8. The predicted molar refractivity (Wildman–Crippen MR) is 83.1 cm³/mol. The third-order valence-corrected chi connectivity index (χ3v) is 3.55. The van der Waals surface area contributed by atoms with Gasteiger partial charge in [0.05, 0.1) is 37.3 Å². The lowest BCUT2D eigenvalue weighted by Crippen LogP contribution is -2.24. The number of methoxy groups -OCH3 is 2. The molecular weight excluding hydrogens is 292 g/mol. The van der Waals surface area contributed by atoms with E-state index in [-0.39, 0.29) is 6.10 Å². The molecule has 1 atom stereocenters. The van der Waals surface area contributed by atoms with E-state index in [0.717, 1.165) is 22.6 Å². The quantitative estimate of drug-likeness (QED) is 0.703. The van der Waals surface area contributed by atoms with E-state index < -0.39 is 0 Å². The molecule has 6 heteroatoms. The highest BCUT2D eigenvalue weighted by Crippen LogP contribution is 2.27. The summed E-state index contributed by atoms with van der Waals surface area (Å²) in [4.78, 5) is 4.61. The maximum atomic E-state index is 6.04. The van der Waals surface area contributed by atoms with Crippen molar-refractivity contribution in [3.05, 3.63) is 24.0 Å². The van der Waals surface area contributed by atoms with Crippen molar-refractivity contribution in [2.45, 2.75) is 25.5 Å². The minimum absolute atomic E-state index is 0.0508. The van der Waals surface area contributed by atoms with Gasteiger partial charge in [-0.15, -0.1) is 11.6 Å². The number of aromatic nitrogens is 2. The summed E-state index contributed by atoms with van der Waals surface area (Å²) in [5.41, 5.74) is 1.83. The Morgan fingerprint density at radius 3 is 2.76 bits per heavy atom. The SMILES string of the molecule is CCOc1cccc2c1nc(CCl)n2CC(COC)OC. The zero-order valence-corrected chi connectivity index (χ0v) is 13.4. The van der Waals surface area contributed by atoms with E-state index in [1.165, 1.54) is 0 Å². The van der Waals surface area contributed by atoms with E-state index in [1.807, 2.05) is 25.1 Å². The Hall–Kier alpha value is -1.30. The molecule has 1 unspecified atom stereocenters. The number of fused-ring (bicyclic) bond motifs is 1. The number of ether oxygens (including phenoxy) is 3. The Balaban J connectivity index is 2.43. The summed E-state index contributed by atoms with van der Waals surface area (Å²) in [6.45, 7) is 3.71. The molecule has 0 spiro atoms. The second kappa shape index (κ2) is 7.64. The number of nitrogens with zero attached hydrogens (tertiary/aromatic N) is 2. The van der Waals surface area contributed by atoms with Gasteiger partial charge in [-0.3, -0.25) is 0 Å². The lowest BCUT2D eigenvalue weighted by Gasteiger charge is -2.17. The monoisotopic (exact) mass is 312 g/mol. The van der Waals surface area contributed by atoms with Gasteiger partial charge in [0.25, 0.3) is 0 Å². The predicted octanol–water partition coefficient (Wildman–Crippen LogP) is 2.84. The van der Waals surface area contributed by atoms with Gasteiger partial charge in [-0.2, -0.15) is 0 Å². The fourth-order valence-corrected chi connectivity index (χ4v) is 2.54. The zero-order chi connectivity index (χ0) is 15.2. The van der Waals surface area contributed by atoms with Crippen LogP contribution in [-0.2, 0) is 21.9 Å². The molecule has 21 heavy (non-hydrogen) atoms. The maximum absolute atomic E-state index is 6.04. The molecule has 5 nitrogen and oxygen atoms in total. The molecule has 0 amide bonds. The summed E-state index contributed by atoms with van der Waals surface area (Å²) >= 11 is 6.04. The van der Waals surface area contributed by atoms with Crippen molar-refractivity contribution >= 4 is 22.6 Å². The standard InChI is InChI=1S/C15H21ClN2O3/c1-4-21-13-7-5-6-12-15(13)17-14(8-16)18(12)9-11(20-3)10-19-2/h5-7,11H,4,8-10H2,1-3H3. The van der Waals surface area contributed by atoms with Gasteiger partial charge in [0.15, 0.2) is 0 Å². The summed E-state index contributed by atoms with van der Waals surface area (Å²) in [5, 5.41) is 0. The highest BCUT2D eigenvalue weighted by Gasteiger charge is 2.17. The number of alkyl halides is 1. The molecule has 2 aromatic rings. The molecule has 0 bridgehead atoms. The van der Waals surface area contributed by atoms with Gasteiger partial charge in [-0.05, 0) is 19.1 Å². The summed E-state index contributed by atoms with van der Waals surface area (Å²) in [6, 6.07) is 5.90. The molecule has 116 valence electrons. The molecule has 0 radical (unpaired) electrons. The number of rotatable bonds is 8. The van der Waals surface area contributed by atoms with Crippen LogP contribution >= 0.6 is 11.6 Å². The first-order valence-electron chi connectivity index (χ1n) is 6.93. The van der Waals surface area contributed by atoms with Crippen LogP contribution in [0.2, 0.25) is 0 Å². The second-order valence-corrected chi connectivity index (χ2v) is 4.91.